The smallest absolute Gasteiger partial charge is 0.302 e. The van der Waals surface area contributed by atoms with Gasteiger partial charge in [-0.15, -0.1) is 0 Å². The highest BCUT2D eigenvalue weighted by atomic mass is 16.6. The third-order valence-electron chi connectivity index (χ3n) is 7.54. The number of phenolic OH excluding ortho intramolecular Hbond substituents is 1. The lowest BCUT2D eigenvalue weighted by Gasteiger charge is -2.25. The number of nitrogens with one attached hydrogen (secondary N) is 1. The Bertz CT molecular complexity index is 1040. The molecule has 1 aliphatic heterocycles. The molecule has 0 amide bonds. The van der Waals surface area contributed by atoms with Gasteiger partial charge in [0.2, 0.25) is 0 Å². The SMILES string of the molecule is CCCCC[C@@H](C[C@@H](CCc1cc(CC2=CCNC(N)=C2)c(O)c(OC2CCCCC2)c1)OC(C)=O)OC(C)=O. The van der Waals surface area contributed by atoms with Crippen molar-refractivity contribution in [3.05, 3.63) is 46.8 Å². The number of ether oxygens (including phenoxy) is 3. The Hall–Kier alpha value is -3.16. The van der Waals surface area contributed by atoms with E-state index in [-0.39, 0.29) is 29.9 Å². The molecule has 0 bridgehead atoms. The van der Waals surface area contributed by atoms with Crippen LogP contribution < -0.4 is 15.8 Å². The molecule has 8 heteroatoms. The number of aryl methyl sites for hydroxylation is 1. The quantitative estimate of drug-likeness (QED) is 0.185. The second-order valence-corrected chi connectivity index (χ2v) is 11.1. The maximum Gasteiger partial charge on any atom is 0.302 e. The zero-order valence-corrected chi connectivity index (χ0v) is 24.5. The largest absolute Gasteiger partial charge is 0.504 e. The van der Waals surface area contributed by atoms with E-state index in [2.05, 4.69) is 18.3 Å². The maximum absolute atomic E-state index is 11.9. The zero-order valence-electron chi connectivity index (χ0n) is 24.5. The summed E-state index contributed by atoms with van der Waals surface area (Å²) in [5.41, 5.74) is 8.78. The van der Waals surface area contributed by atoms with Gasteiger partial charge >= 0.3 is 11.9 Å². The molecule has 3 rings (SSSR count). The third kappa shape index (κ3) is 10.8. The normalized spacial score (nSPS) is 17.2. The van der Waals surface area contributed by atoms with Gasteiger partial charge in [0.1, 0.15) is 12.2 Å². The Morgan fingerprint density at radius 1 is 1.05 bits per heavy atom. The van der Waals surface area contributed by atoms with Crippen LogP contribution in [0.5, 0.6) is 11.5 Å². The maximum atomic E-state index is 11.9. The fourth-order valence-corrected chi connectivity index (χ4v) is 5.58. The van der Waals surface area contributed by atoms with Crippen molar-refractivity contribution < 1.29 is 28.9 Å². The zero-order chi connectivity index (χ0) is 28.9. The highest BCUT2D eigenvalue weighted by Crippen LogP contribution is 2.37. The van der Waals surface area contributed by atoms with Crippen molar-refractivity contribution in [2.24, 2.45) is 5.73 Å². The number of hydrogen-bond acceptors (Lipinski definition) is 8. The molecular formula is C32H48N2O6. The van der Waals surface area contributed by atoms with Crippen LogP contribution in [0.3, 0.4) is 0 Å². The molecular weight excluding hydrogens is 508 g/mol. The summed E-state index contributed by atoms with van der Waals surface area (Å²) < 4.78 is 17.6. The molecule has 222 valence electrons. The van der Waals surface area contributed by atoms with Crippen LogP contribution in [0.25, 0.3) is 0 Å². The Balaban J connectivity index is 1.79. The predicted molar refractivity (Wildman–Crippen MR) is 156 cm³/mol. The number of carbonyl (C=O) groups is 2. The first-order valence-corrected chi connectivity index (χ1v) is 15.0. The highest BCUT2D eigenvalue weighted by Gasteiger charge is 2.23. The van der Waals surface area contributed by atoms with Crippen LogP contribution in [0.1, 0.15) is 103 Å². The van der Waals surface area contributed by atoms with Crippen LogP contribution in [-0.2, 0) is 31.9 Å². The number of benzene rings is 1. The van der Waals surface area contributed by atoms with Gasteiger partial charge in [-0.2, -0.15) is 0 Å². The number of phenols is 1. The first-order valence-electron chi connectivity index (χ1n) is 15.0. The minimum Gasteiger partial charge on any atom is -0.504 e. The molecule has 1 saturated carbocycles. The topological polar surface area (TPSA) is 120 Å². The summed E-state index contributed by atoms with van der Waals surface area (Å²) in [4.78, 5) is 23.7. The Morgan fingerprint density at radius 3 is 2.40 bits per heavy atom. The molecule has 4 N–H and O–H groups in total. The van der Waals surface area contributed by atoms with E-state index in [9.17, 15) is 14.7 Å². The van der Waals surface area contributed by atoms with E-state index in [1.165, 1.54) is 20.3 Å². The van der Waals surface area contributed by atoms with E-state index in [1.807, 2.05) is 18.2 Å². The van der Waals surface area contributed by atoms with E-state index in [0.29, 0.717) is 43.8 Å². The van der Waals surface area contributed by atoms with Gasteiger partial charge in [0.25, 0.3) is 0 Å². The predicted octanol–water partition coefficient (Wildman–Crippen LogP) is 5.74. The van der Waals surface area contributed by atoms with Crippen molar-refractivity contribution in [1.29, 1.82) is 0 Å². The Kier molecular flexibility index (Phi) is 12.7. The molecule has 0 aromatic heterocycles. The number of esters is 2. The Morgan fingerprint density at radius 2 is 1.75 bits per heavy atom. The second-order valence-electron chi connectivity index (χ2n) is 11.1. The standard InChI is InChI=1S/C32H48N2O6/c1-4-5-7-12-28(38-22(2)35)21-29(39-23(3)36)14-13-24-17-26(18-25-15-16-34-31(33)20-25)32(37)30(19-24)40-27-10-8-6-9-11-27/h15,17,19-20,27-29,34,37H,4-14,16,18,21,33H2,1-3H3/t28-,29+/m0/s1. The van der Waals surface area contributed by atoms with Crippen molar-refractivity contribution in [3.8, 4) is 11.5 Å². The van der Waals surface area contributed by atoms with E-state index in [4.69, 9.17) is 19.9 Å². The average molecular weight is 557 g/mol. The molecule has 0 radical (unpaired) electrons. The van der Waals surface area contributed by atoms with E-state index >= 15 is 0 Å². The summed E-state index contributed by atoms with van der Waals surface area (Å²) in [5, 5.41) is 14.3. The summed E-state index contributed by atoms with van der Waals surface area (Å²) in [6.45, 7) is 5.61. The van der Waals surface area contributed by atoms with Crippen LogP contribution >= 0.6 is 0 Å². The molecule has 1 aromatic carbocycles. The van der Waals surface area contributed by atoms with Crippen molar-refractivity contribution in [3.63, 3.8) is 0 Å². The summed E-state index contributed by atoms with van der Waals surface area (Å²) in [7, 11) is 0. The number of allylic oxidation sites excluding steroid dienone is 2. The van der Waals surface area contributed by atoms with Gasteiger partial charge in [-0.3, -0.25) is 9.59 Å². The molecule has 1 fully saturated rings. The number of hydrogen-bond donors (Lipinski definition) is 3. The molecule has 0 spiro atoms. The molecule has 1 heterocycles. The lowest BCUT2D eigenvalue weighted by molar-refractivity contribution is -0.153. The number of carbonyl (C=O) groups excluding carboxylic acids is 2. The third-order valence-corrected chi connectivity index (χ3v) is 7.54. The molecule has 2 atom stereocenters. The van der Waals surface area contributed by atoms with Crippen molar-refractivity contribution in [2.75, 3.05) is 6.54 Å². The summed E-state index contributed by atoms with van der Waals surface area (Å²) >= 11 is 0. The monoisotopic (exact) mass is 556 g/mol. The van der Waals surface area contributed by atoms with Gasteiger partial charge < -0.3 is 30.4 Å². The van der Waals surface area contributed by atoms with Crippen molar-refractivity contribution >= 4 is 11.9 Å². The molecule has 8 nitrogen and oxygen atoms in total. The van der Waals surface area contributed by atoms with E-state index < -0.39 is 6.10 Å². The van der Waals surface area contributed by atoms with Crippen LogP contribution in [0.4, 0.5) is 0 Å². The first-order chi connectivity index (χ1) is 19.2. The number of rotatable bonds is 15. The van der Waals surface area contributed by atoms with Crippen LogP contribution in [-0.4, -0.2) is 41.9 Å². The number of dihydropyridines is 1. The number of aromatic hydroxyl groups is 1. The molecule has 40 heavy (non-hydrogen) atoms. The first kappa shape index (κ1) is 31.4. The number of nitrogens with two attached hydrogens (primary N) is 1. The average Bonchev–Trinajstić information content (AvgIpc) is 2.90. The van der Waals surface area contributed by atoms with E-state index in [1.54, 1.807) is 0 Å². The van der Waals surface area contributed by atoms with Gasteiger partial charge in [-0.1, -0.05) is 38.3 Å². The second kappa shape index (κ2) is 16.2. The summed E-state index contributed by atoms with van der Waals surface area (Å²) in [5.74, 6) is 0.612. The molecule has 0 saturated heterocycles. The lowest BCUT2D eigenvalue weighted by atomic mass is 9.95. The Labute approximate surface area is 239 Å². The van der Waals surface area contributed by atoms with Gasteiger partial charge in [0.05, 0.1) is 11.9 Å². The minimum atomic E-state index is -0.390. The molecule has 1 aliphatic carbocycles. The van der Waals surface area contributed by atoms with Crippen LogP contribution in [0, 0.1) is 0 Å². The molecule has 2 aliphatic rings. The highest BCUT2D eigenvalue weighted by molar-refractivity contribution is 5.66. The summed E-state index contributed by atoms with van der Waals surface area (Å²) in [6.07, 6.45) is 14.8. The van der Waals surface area contributed by atoms with Crippen LogP contribution in [0.2, 0.25) is 0 Å². The van der Waals surface area contributed by atoms with Gasteiger partial charge in [0, 0.05) is 38.8 Å². The van der Waals surface area contributed by atoms with E-state index in [0.717, 1.165) is 68.1 Å². The summed E-state index contributed by atoms with van der Waals surface area (Å²) in [6, 6.07) is 3.93. The lowest BCUT2D eigenvalue weighted by Crippen LogP contribution is -2.27. The van der Waals surface area contributed by atoms with Gasteiger partial charge in [-0.05, 0) is 74.6 Å². The molecule has 0 unspecified atom stereocenters. The molecule has 1 aromatic rings. The number of unbranched alkanes of at least 4 members (excludes halogenated alkanes) is 2. The fourth-order valence-electron chi connectivity index (χ4n) is 5.58. The van der Waals surface area contributed by atoms with Gasteiger partial charge in [0.15, 0.2) is 11.5 Å². The van der Waals surface area contributed by atoms with Crippen LogP contribution in [0.15, 0.2) is 35.7 Å². The minimum absolute atomic E-state index is 0.0952. The fraction of sp³-hybridized carbons (Fsp3) is 0.625. The van der Waals surface area contributed by atoms with Crippen molar-refractivity contribution in [2.45, 2.75) is 123 Å². The van der Waals surface area contributed by atoms with Crippen molar-refractivity contribution in [1.82, 2.24) is 5.32 Å². The van der Waals surface area contributed by atoms with Gasteiger partial charge in [-0.25, -0.2) is 0 Å².